The summed E-state index contributed by atoms with van der Waals surface area (Å²) in [6, 6.07) is 0. The van der Waals surface area contributed by atoms with Crippen molar-refractivity contribution in [3.8, 4) is 0 Å². The Labute approximate surface area is 105 Å². The van der Waals surface area contributed by atoms with Gasteiger partial charge in [0.05, 0.1) is 11.7 Å². The Kier molecular flexibility index (Phi) is 6.45. The van der Waals surface area contributed by atoms with Crippen LogP contribution in [0.4, 0.5) is 0 Å². The molecule has 2 unspecified atom stereocenters. The van der Waals surface area contributed by atoms with Crippen LogP contribution < -0.4 is 0 Å². The molecule has 1 rings (SSSR count). The lowest BCUT2D eigenvalue weighted by molar-refractivity contribution is -0.0679. The average molecular weight is 244 g/mol. The van der Waals surface area contributed by atoms with E-state index in [1.165, 1.54) is 19.3 Å². The molecule has 3 nitrogen and oxygen atoms in total. The number of hydrogen-bond donors (Lipinski definition) is 2. The Morgan fingerprint density at radius 3 is 2.53 bits per heavy atom. The second kappa shape index (κ2) is 7.34. The molecule has 0 amide bonds. The van der Waals surface area contributed by atoms with Crippen molar-refractivity contribution in [2.45, 2.75) is 70.5 Å². The second-order valence-corrected chi connectivity index (χ2v) is 5.57. The summed E-state index contributed by atoms with van der Waals surface area (Å²) < 4.78 is 5.33. The Morgan fingerprint density at radius 1 is 1.29 bits per heavy atom. The van der Waals surface area contributed by atoms with Gasteiger partial charge in [0.1, 0.15) is 0 Å². The molecule has 1 fully saturated rings. The first-order valence-corrected chi connectivity index (χ1v) is 7.04. The maximum atomic E-state index is 9.87. The van der Waals surface area contributed by atoms with Crippen LogP contribution in [0.1, 0.15) is 58.8 Å². The third kappa shape index (κ3) is 5.36. The van der Waals surface area contributed by atoms with Crippen molar-refractivity contribution in [3.63, 3.8) is 0 Å². The van der Waals surface area contributed by atoms with Crippen LogP contribution in [0.25, 0.3) is 0 Å². The largest absolute Gasteiger partial charge is 0.390 e. The predicted molar refractivity (Wildman–Crippen MR) is 68.9 cm³/mol. The van der Waals surface area contributed by atoms with Gasteiger partial charge in [-0.25, -0.2) is 0 Å². The van der Waals surface area contributed by atoms with Crippen molar-refractivity contribution < 1.29 is 14.9 Å². The molecule has 17 heavy (non-hydrogen) atoms. The van der Waals surface area contributed by atoms with E-state index in [1.54, 1.807) is 6.92 Å². The molecule has 0 bridgehead atoms. The zero-order valence-electron chi connectivity index (χ0n) is 11.3. The predicted octanol–water partition coefficient (Wildman–Crippen LogP) is 2.50. The number of ether oxygens (including phenoxy) is 1. The molecule has 2 atom stereocenters. The van der Waals surface area contributed by atoms with Gasteiger partial charge in [0, 0.05) is 13.2 Å². The van der Waals surface area contributed by atoms with Gasteiger partial charge in [-0.05, 0) is 38.5 Å². The Morgan fingerprint density at radius 2 is 1.94 bits per heavy atom. The summed E-state index contributed by atoms with van der Waals surface area (Å²) in [6.45, 7) is 5.46. The summed E-state index contributed by atoms with van der Waals surface area (Å²) >= 11 is 0. The summed E-state index contributed by atoms with van der Waals surface area (Å²) in [5, 5.41) is 19.7. The molecule has 0 aromatic rings. The van der Waals surface area contributed by atoms with Crippen LogP contribution in [0.3, 0.4) is 0 Å². The van der Waals surface area contributed by atoms with Gasteiger partial charge in [-0.2, -0.15) is 0 Å². The van der Waals surface area contributed by atoms with Crippen LogP contribution in [-0.2, 0) is 4.74 Å². The zero-order chi connectivity index (χ0) is 12.7. The lowest BCUT2D eigenvalue weighted by Crippen LogP contribution is -2.38. The summed E-state index contributed by atoms with van der Waals surface area (Å²) in [5.41, 5.74) is -0.918. The molecule has 0 saturated carbocycles. The van der Waals surface area contributed by atoms with Crippen LogP contribution in [-0.4, -0.2) is 35.1 Å². The first-order valence-electron chi connectivity index (χ1n) is 7.04. The van der Waals surface area contributed by atoms with Crippen molar-refractivity contribution in [2.24, 2.45) is 5.92 Å². The number of aliphatic hydroxyl groups excluding tert-OH is 1. The highest BCUT2D eigenvalue weighted by atomic mass is 16.5. The maximum absolute atomic E-state index is 9.87. The molecule has 0 radical (unpaired) electrons. The highest BCUT2D eigenvalue weighted by molar-refractivity contribution is 4.79. The minimum Gasteiger partial charge on any atom is -0.390 e. The third-order valence-corrected chi connectivity index (χ3v) is 4.11. The quantitative estimate of drug-likeness (QED) is 0.676. The zero-order valence-corrected chi connectivity index (χ0v) is 11.3. The van der Waals surface area contributed by atoms with Crippen molar-refractivity contribution in [1.82, 2.24) is 0 Å². The molecule has 1 saturated heterocycles. The summed E-state index contributed by atoms with van der Waals surface area (Å²) in [7, 11) is 0. The normalized spacial score (nSPS) is 23.3. The van der Waals surface area contributed by atoms with Gasteiger partial charge < -0.3 is 14.9 Å². The van der Waals surface area contributed by atoms with Gasteiger partial charge in [0.2, 0.25) is 0 Å². The Bertz CT molecular complexity index is 198. The Hall–Kier alpha value is -0.120. The van der Waals surface area contributed by atoms with Crippen molar-refractivity contribution in [1.29, 1.82) is 0 Å². The molecule has 1 aliphatic heterocycles. The molecule has 0 aromatic heterocycles. The van der Waals surface area contributed by atoms with Crippen LogP contribution in [0.5, 0.6) is 0 Å². The van der Waals surface area contributed by atoms with E-state index in [1.807, 2.05) is 6.92 Å². The fraction of sp³-hybridized carbons (Fsp3) is 1.00. The third-order valence-electron chi connectivity index (χ3n) is 4.11. The SMILES string of the molecule is CCC(C)(O)C(O)CCCCC1CCOCC1. The minimum atomic E-state index is -0.918. The molecule has 1 heterocycles. The molecule has 0 spiro atoms. The molecule has 0 aliphatic carbocycles. The first-order chi connectivity index (χ1) is 8.06. The number of hydrogen-bond acceptors (Lipinski definition) is 3. The van der Waals surface area contributed by atoms with E-state index >= 15 is 0 Å². The van der Waals surface area contributed by atoms with Gasteiger partial charge in [-0.3, -0.25) is 0 Å². The number of unbranched alkanes of at least 4 members (excludes halogenated alkanes) is 1. The Balaban J connectivity index is 2.07. The summed E-state index contributed by atoms with van der Waals surface area (Å²) in [5.74, 6) is 0.813. The molecule has 1 aliphatic rings. The van der Waals surface area contributed by atoms with E-state index in [4.69, 9.17) is 4.74 Å². The van der Waals surface area contributed by atoms with Crippen molar-refractivity contribution in [2.75, 3.05) is 13.2 Å². The molecular weight excluding hydrogens is 216 g/mol. The molecular formula is C14H28O3. The smallest absolute Gasteiger partial charge is 0.0874 e. The van der Waals surface area contributed by atoms with Gasteiger partial charge in [0.25, 0.3) is 0 Å². The number of rotatable bonds is 7. The highest BCUT2D eigenvalue weighted by Crippen LogP contribution is 2.23. The maximum Gasteiger partial charge on any atom is 0.0874 e. The van der Waals surface area contributed by atoms with E-state index in [9.17, 15) is 10.2 Å². The highest BCUT2D eigenvalue weighted by Gasteiger charge is 2.27. The van der Waals surface area contributed by atoms with E-state index in [0.717, 1.165) is 32.0 Å². The van der Waals surface area contributed by atoms with E-state index in [0.29, 0.717) is 12.8 Å². The van der Waals surface area contributed by atoms with E-state index in [2.05, 4.69) is 0 Å². The summed E-state index contributed by atoms with van der Waals surface area (Å²) in [4.78, 5) is 0. The topological polar surface area (TPSA) is 49.7 Å². The van der Waals surface area contributed by atoms with Crippen LogP contribution in [0, 0.1) is 5.92 Å². The first kappa shape index (κ1) is 14.9. The van der Waals surface area contributed by atoms with Gasteiger partial charge in [-0.15, -0.1) is 0 Å². The molecule has 3 heteroatoms. The molecule has 2 N–H and O–H groups in total. The van der Waals surface area contributed by atoms with Gasteiger partial charge >= 0.3 is 0 Å². The van der Waals surface area contributed by atoms with Crippen molar-refractivity contribution >= 4 is 0 Å². The number of aliphatic hydroxyl groups is 2. The lowest BCUT2D eigenvalue weighted by atomic mass is 9.90. The molecule has 0 aromatic carbocycles. The van der Waals surface area contributed by atoms with Gasteiger partial charge in [-0.1, -0.05) is 26.2 Å². The second-order valence-electron chi connectivity index (χ2n) is 5.57. The van der Waals surface area contributed by atoms with Crippen LogP contribution in [0.15, 0.2) is 0 Å². The van der Waals surface area contributed by atoms with E-state index in [-0.39, 0.29) is 0 Å². The fourth-order valence-corrected chi connectivity index (χ4v) is 2.35. The van der Waals surface area contributed by atoms with Crippen LogP contribution >= 0.6 is 0 Å². The van der Waals surface area contributed by atoms with Crippen molar-refractivity contribution in [3.05, 3.63) is 0 Å². The van der Waals surface area contributed by atoms with Gasteiger partial charge in [0.15, 0.2) is 0 Å². The lowest BCUT2D eigenvalue weighted by Gasteiger charge is -2.28. The van der Waals surface area contributed by atoms with Crippen LogP contribution in [0.2, 0.25) is 0 Å². The molecule has 102 valence electrons. The van der Waals surface area contributed by atoms with E-state index < -0.39 is 11.7 Å². The average Bonchev–Trinajstić information content (AvgIpc) is 2.35. The summed E-state index contributed by atoms with van der Waals surface area (Å²) in [6.07, 6.45) is 6.52. The monoisotopic (exact) mass is 244 g/mol. The minimum absolute atomic E-state index is 0.581. The standard InChI is InChI=1S/C14H28O3/c1-3-14(2,16)13(15)7-5-4-6-12-8-10-17-11-9-12/h12-13,15-16H,3-11H2,1-2H3. The fourth-order valence-electron chi connectivity index (χ4n) is 2.35.